The van der Waals surface area contributed by atoms with Crippen molar-refractivity contribution in [1.29, 1.82) is 0 Å². The number of nitrogens with two attached hydrogens (primary N) is 1. The number of carbonyl (C=O) groups is 6. The van der Waals surface area contributed by atoms with Gasteiger partial charge in [-0.2, -0.15) is 0 Å². The van der Waals surface area contributed by atoms with Crippen molar-refractivity contribution in [2.24, 2.45) is 23.5 Å². The predicted octanol–water partition coefficient (Wildman–Crippen LogP) is 1.06. The van der Waals surface area contributed by atoms with Crippen LogP contribution in [0.4, 0.5) is 23.0 Å². The Bertz CT molecular complexity index is 2410. The lowest BCUT2D eigenvalue weighted by atomic mass is 10.0. The number of amides is 6. The summed E-state index contributed by atoms with van der Waals surface area (Å²) in [5, 5.41) is 8.58. The van der Waals surface area contributed by atoms with Gasteiger partial charge in [0.1, 0.15) is 11.9 Å². The van der Waals surface area contributed by atoms with E-state index in [1.54, 1.807) is 24.3 Å². The second-order valence-corrected chi connectivity index (χ2v) is 18.7. The lowest BCUT2D eigenvalue weighted by molar-refractivity contribution is -0.136. The van der Waals surface area contributed by atoms with Crippen molar-refractivity contribution in [2.45, 2.75) is 61.5 Å². The van der Waals surface area contributed by atoms with E-state index in [1.807, 2.05) is 11.0 Å². The van der Waals surface area contributed by atoms with Crippen LogP contribution < -0.4 is 31.5 Å². The molecule has 2 unspecified atom stereocenters. The molecule has 0 radical (unpaired) electrons. The van der Waals surface area contributed by atoms with Crippen LogP contribution in [-0.2, 0) is 24.2 Å². The summed E-state index contributed by atoms with van der Waals surface area (Å²) < 4.78 is 23.8. The Morgan fingerprint density at radius 2 is 1.58 bits per heavy atom. The molecule has 18 nitrogen and oxygen atoms in total. The topological polar surface area (TPSA) is 237 Å². The van der Waals surface area contributed by atoms with Crippen LogP contribution in [0, 0.1) is 17.8 Å². The molecule has 1 aromatic heterocycles. The van der Waals surface area contributed by atoms with E-state index in [-0.39, 0.29) is 58.2 Å². The highest BCUT2D eigenvalue weighted by Gasteiger charge is 2.60. The molecule has 1 saturated carbocycles. The molecule has 0 spiro atoms. The molecule has 6 aliphatic rings. The number of hydrogen-bond acceptors (Lipinski definition) is 14. The number of primary amides is 1. The Labute approximate surface area is 346 Å². The maximum absolute atomic E-state index is 13.6. The Balaban J connectivity index is 0.758. The van der Waals surface area contributed by atoms with E-state index in [2.05, 4.69) is 35.7 Å². The molecule has 5 fully saturated rings. The third-order valence-corrected chi connectivity index (χ3v) is 14.1. The molecular formula is C41H46N10O8S. The van der Waals surface area contributed by atoms with Gasteiger partial charge in [-0.1, -0.05) is 0 Å². The lowest BCUT2D eigenvalue weighted by Gasteiger charge is -2.39. The first-order valence-corrected chi connectivity index (χ1v) is 22.3. The first-order valence-electron chi connectivity index (χ1n) is 20.4. The normalized spacial score (nSPS) is 25.8. The summed E-state index contributed by atoms with van der Waals surface area (Å²) in [6, 6.07) is 10.6. The van der Waals surface area contributed by atoms with Crippen LogP contribution in [0.1, 0.15) is 69.7 Å². The number of sulfone groups is 1. The number of likely N-dealkylation sites (tertiary alicyclic amines) is 1. The summed E-state index contributed by atoms with van der Waals surface area (Å²) in [7, 11) is -3.38. The Morgan fingerprint density at radius 3 is 2.27 bits per heavy atom. The molecular weight excluding hydrogens is 793 g/mol. The Kier molecular flexibility index (Phi) is 10.0. The third-order valence-electron chi connectivity index (χ3n) is 12.9. The van der Waals surface area contributed by atoms with Crippen LogP contribution in [0.2, 0.25) is 0 Å². The van der Waals surface area contributed by atoms with E-state index in [9.17, 15) is 37.2 Å². The zero-order valence-electron chi connectivity index (χ0n) is 33.0. The van der Waals surface area contributed by atoms with Crippen molar-refractivity contribution in [3.63, 3.8) is 0 Å². The smallest absolute Gasteiger partial charge is 0.271 e. The molecule has 0 bridgehead atoms. The Morgan fingerprint density at radius 1 is 0.867 bits per heavy atom. The number of fused-ring (bicyclic) bond motifs is 2. The van der Waals surface area contributed by atoms with Crippen LogP contribution in [0.25, 0.3) is 0 Å². The number of piperidine rings is 4. The highest BCUT2D eigenvalue weighted by Crippen LogP contribution is 2.53. The summed E-state index contributed by atoms with van der Waals surface area (Å²) in [6.45, 7) is 4.53. The van der Waals surface area contributed by atoms with Gasteiger partial charge in [-0.15, -0.1) is 0 Å². The average Bonchev–Trinajstić information content (AvgIpc) is 3.62. The first kappa shape index (κ1) is 39.5. The third kappa shape index (κ3) is 7.44. The highest BCUT2D eigenvalue weighted by molar-refractivity contribution is 7.90. The minimum Gasteiger partial charge on any atom is -0.371 e. The molecule has 3 aromatic rings. The van der Waals surface area contributed by atoms with Gasteiger partial charge in [-0.25, -0.2) is 18.4 Å². The molecule has 4 saturated heterocycles. The average molecular weight is 839 g/mol. The van der Waals surface area contributed by atoms with E-state index < -0.39 is 45.4 Å². The fraction of sp³-hybridized carbons (Fsp3) is 0.463. The van der Waals surface area contributed by atoms with Crippen molar-refractivity contribution >= 4 is 68.3 Å². The minimum absolute atomic E-state index is 0.0114. The van der Waals surface area contributed by atoms with E-state index in [4.69, 9.17) is 5.73 Å². The second-order valence-electron chi connectivity index (χ2n) is 16.7. The number of hydrogen-bond donors (Lipinski definition) is 4. The molecule has 60 heavy (non-hydrogen) atoms. The molecule has 5 N–H and O–H groups in total. The van der Waals surface area contributed by atoms with E-state index in [0.717, 1.165) is 68.7 Å². The number of benzene rings is 2. The molecule has 314 valence electrons. The van der Waals surface area contributed by atoms with Gasteiger partial charge in [0.05, 0.1) is 22.2 Å². The van der Waals surface area contributed by atoms with Gasteiger partial charge < -0.3 is 26.2 Å². The number of aromatic nitrogens is 2. The molecule has 2 aromatic carbocycles. The largest absolute Gasteiger partial charge is 0.371 e. The van der Waals surface area contributed by atoms with Gasteiger partial charge in [-0.3, -0.25) is 43.9 Å². The highest BCUT2D eigenvalue weighted by atomic mass is 32.2. The number of nitrogens with one attached hydrogen (secondary N) is 3. The van der Waals surface area contributed by atoms with Crippen molar-refractivity contribution < 1.29 is 37.2 Å². The first-order chi connectivity index (χ1) is 28.7. The standard InChI is InChI=1S/C41H46N10O8S/c1-60(58,59)26-7-4-22(5-8-26)44-37-35(36(42)53)43-18-32(46-37)49-14-2-3-23(19-49)45-39(55)34-29-20-50(21-30(29)34)24-12-15-48(16-13-24)25-6-9-27-28(17-25)41(57)51(40(27)56)31-10-11-33(52)47-38(31)54/h4-9,17-18,23-24,29-31,34H,2-3,10-16,19-21H2,1H3,(H2,42,53)(H,44,46)(H,45,55)(H,47,52,54)/t23-,29-,30+,31?,34?/m1/s1. The molecule has 1 aliphatic carbocycles. The maximum atomic E-state index is 13.6. The minimum atomic E-state index is -3.38. The molecule has 6 amide bonds. The number of rotatable bonds is 10. The fourth-order valence-corrected chi connectivity index (χ4v) is 10.3. The van der Waals surface area contributed by atoms with Crippen molar-refractivity contribution in [3.8, 4) is 0 Å². The SMILES string of the molecule is CS(=O)(=O)c1ccc(Nc2nc(N3CCC[C@@H](NC(=O)C4[C@H]5CN(C6CCN(c7ccc8c(c7)C(=O)N(C7CCC(=O)NC7=O)C8=O)CC6)C[C@@H]45)C3)cnc2C(N)=O)cc1. The van der Waals surface area contributed by atoms with Gasteiger partial charge in [0.25, 0.3) is 17.7 Å². The summed E-state index contributed by atoms with van der Waals surface area (Å²) in [4.78, 5) is 93.3. The van der Waals surface area contributed by atoms with Crippen molar-refractivity contribution in [3.05, 3.63) is 65.5 Å². The molecule has 5 aliphatic heterocycles. The maximum Gasteiger partial charge on any atom is 0.271 e. The van der Waals surface area contributed by atoms with E-state index >= 15 is 0 Å². The lowest BCUT2D eigenvalue weighted by Crippen LogP contribution is -2.54. The van der Waals surface area contributed by atoms with Gasteiger partial charge >= 0.3 is 0 Å². The van der Waals surface area contributed by atoms with Crippen LogP contribution in [0.5, 0.6) is 0 Å². The van der Waals surface area contributed by atoms with Crippen LogP contribution in [0.15, 0.2) is 53.6 Å². The molecule has 19 heteroatoms. The Hall–Kier alpha value is -5.95. The number of carbonyl (C=O) groups excluding carboxylic acids is 6. The molecule has 5 atom stereocenters. The zero-order valence-corrected chi connectivity index (χ0v) is 33.8. The predicted molar refractivity (Wildman–Crippen MR) is 217 cm³/mol. The van der Waals surface area contributed by atoms with Crippen molar-refractivity contribution in [2.75, 3.05) is 60.6 Å². The molecule has 9 rings (SSSR count). The zero-order chi connectivity index (χ0) is 42.0. The number of imide groups is 2. The summed E-state index contributed by atoms with van der Waals surface area (Å²) in [6.07, 6.45) is 6.32. The quantitative estimate of drug-likeness (QED) is 0.209. The second kappa shape index (κ2) is 15.3. The number of anilines is 4. The summed E-state index contributed by atoms with van der Waals surface area (Å²) >= 11 is 0. The van der Waals surface area contributed by atoms with E-state index in [1.165, 1.54) is 18.3 Å². The van der Waals surface area contributed by atoms with E-state index in [0.29, 0.717) is 42.5 Å². The molecule has 6 heterocycles. The van der Waals surface area contributed by atoms with Crippen molar-refractivity contribution in [1.82, 2.24) is 30.4 Å². The monoisotopic (exact) mass is 838 g/mol. The van der Waals surface area contributed by atoms with Gasteiger partial charge in [-0.05, 0) is 86.4 Å². The fourth-order valence-electron chi connectivity index (χ4n) is 9.71. The summed E-state index contributed by atoms with van der Waals surface area (Å²) in [5.41, 5.74) is 7.45. The van der Waals surface area contributed by atoms with Crippen LogP contribution >= 0.6 is 0 Å². The summed E-state index contributed by atoms with van der Waals surface area (Å²) in [5.74, 6) is -1.43. The van der Waals surface area contributed by atoms with Gasteiger partial charge in [0.15, 0.2) is 21.3 Å². The van der Waals surface area contributed by atoms with Gasteiger partial charge in [0.2, 0.25) is 17.7 Å². The van der Waals surface area contributed by atoms with Gasteiger partial charge in [0, 0.05) is 81.3 Å². The van der Waals surface area contributed by atoms with Crippen LogP contribution in [0.3, 0.4) is 0 Å². The number of nitrogens with zero attached hydrogens (tertiary/aromatic N) is 6. The van der Waals surface area contributed by atoms with Crippen LogP contribution in [-0.4, -0.2) is 127 Å².